The lowest BCUT2D eigenvalue weighted by Crippen LogP contribution is -2.47. The first kappa shape index (κ1) is 22.9. The molecular weight excluding hydrogens is 450 g/mol. The van der Waals surface area contributed by atoms with Crippen LogP contribution >= 0.6 is 11.6 Å². The SMILES string of the molecule is CNc1cc(F)ccc1N1CC2CC1N2.COc1cccc(Cl)c1-c1nccc(C=O)c1F. The molecule has 9 heteroatoms. The van der Waals surface area contributed by atoms with Gasteiger partial charge in [-0.25, -0.2) is 8.78 Å². The predicted octanol–water partition coefficient (Wildman–Crippen LogP) is 4.74. The molecule has 0 amide bonds. The van der Waals surface area contributed by atoms with Crippen molar-refractivity contribution in [3.8, 4) is 17.0 Å². The highest BCUT2D eigenvalue weighted by molar-refractivity contribution is 6.33. The summed E-state index contributed by atoms with van der Waals surface area (Å²) < 4.78 is 32.2. The fourth-order valence-electron chi connectivity index (χ4n) is 4.08. The highest BCUT2D eigenvalue weighted by Crippen LogP contribution is 2.37. The van der Waals surface area contributed by atoms with E-state index in [2.05, 4.69) is 20.5 Å². The molecule has 4 heterocycles. The molecule has 0 saturated carbocycles. The van der Waals surface area contributed by atoms with Gasteiger partial charge in [0.25, 0.3) is 0 Å². The van der Waals surface area contributed by atoms with E-state index in [4.69, 9.17) is 16.3 Å². The van der Waals surface area contributed by atoms with Crippen LogP contribution in [0.4, 0.5) is 20.2 Å². The lowest BCUT2D eigenvalue weighted by atomic mass is 10.1. The summed E-state index contributed by atoms with van der Waals surface area (Å²) in [5, 5.41) is 6.79. The van der Waals surface area contributed by atoms with Crippen LogP contribution in [0.3, 0.4) is 0 Å². The van der Waals surface area contributed by atoms with Crippen LogP contribution in [0.2, 0.25) is 5.02 Å². The number of nitrogens with zero attached hydrogens (tertiary/aromatic N) is 2. The molecule has 3 saturated heterocycles. The molecule has 3 aliphatic heterocycles. The van der Waals surface area contributed by atoms with Crippen molar-refractivity contribution in [3.63, 3.8) is 0 Å². The summed E-state index contributed by atoms with van der Waals surface area (Å²) in [7, 11) is 3.28. The molecule has 6 rings (SSSR count). The lowest BCUT2D eigenvalue weighted by molar-refractivity contribution is 0.111. The summed E-state index contributed by atoms with van der Waals surface area (Å²) in [6.45, 7) is 1.03. The van der Waals surface area contributed by atoms with Crippen LogP contribution in [-0.4, -0.2) is 44.2 Å². The summed E-state index contributed by atoms with van der Waals surface area (Å²) in [4.78, 5) is 16.9. The third kappa shape index (κ3) is 4.49. The van der Waals surface area contributed by atoms with Crippen molar-refractivity contribution in [2.75, 3.05) is 30.9 Å². The zero-order valence-electron chi connectivity index (χ0n) is 18.1. The number of fused-ring (bicyclic) bond motifs is 1. The van der Waals surface area contributed by atoms with Crippen LogP contribution in [-0.2, 0) is 0 Å². The van der Waals surface area contributed by atoms with Gasteiger partial charge in [-0.2, -0.15) is 0 Å². The van der Waals surface area contributed by atoms with E-state index in [1.165, 1.54) is 31.9 Å². The van der Waals surface area contributed by atoms with Gasteiger partial charge < -0.3 is 15.0 Å². The maximum absolute atomic E-state index is 14.0. The molecule has 2 unspecified atom stereocenters. The molecule has 3 fully saturated rings. The number of methoxy groups -OCH3 is 1. The normalized spacial score (nSPS) is 18.2. The zero-order chi connectivity index (χ0) is 23.5. The Bertz CT molecular complexity index is 1170. The molecule has 1 aromatic heterocycles. The summed E-state index contributed by atoms with van der Waals surface area (Å²) in [6.07, 6.45) is 3.45. The Labute approximate surface area is 195 Å². The van der Waals surface area contributed by atoms with Crippen molar-refractivity contribution >= 4 is 29.3 Å². The minimum atomic E-state index is -0.709. The number of nitrogens with one attached hydrogen (secondary N) is 2. The van der Waals surface area contributed by atoms with Crippen LogP contribution in [0.1, 0.15) is 16.8 Å². The Morgan fingerprint density at radius 2 is 2.06 bits per heavy atom. The number of ether oxygens (including phenoxy) is 1. The average Bonchev–Trinajstić information content (AvgIpc) is 3.41. The molecule has 2 aromatic carbocycles. The molecule has 2 N–H and O–H groups in total. The number of rotatable bonds is 5. The van der Waals surface area contributed by atoms with E-state index in [0.717, 1.165) is 17.9 Å². The van der Waals surface area contributed by atoms with E-state index in [0.29, 0.717) is 34.8 Å². The van der Waals surface area contributed by atoms with Crippen LogP contribution in [0.5, 0.6) is 5.75 Å². The Hall–Kier alpha value is -3.23. The smallest absolute Gasteiger partial charge is 0.160 e. The van der Waals surface area contributed by atoms with Crippen LogP contribution < -0.4 is 20.3 Å². The van der Waals surface area contributed by atoms with Crippen molar-refractivity contribution in [3.05, 3.63) is 70.9 Å². The van der Waals surface area contributed by atoms with Gasteiger partial charge in [0.15, 0.2) is 12.1 Å². The van der Waals surface area contributed by atoms with E-state index in [9.17, 15) is 13.6 Å². The van der Waals surface area contributed by atoms with Gasteiger partial charge >= 0.3 is 0 Å². The van der Waals surface area contributed by atoms with Gasteiger partial charge in [0.1, 0.15) is 17.3 Å². The maximum atomic E-state index is 14.0. The summed E-state index contributed by atoms with van der Waals surface area (Å²) in [5.41, 5.74) is 2.23. The number of hydrogen-bond acceptors (Lipinski definition) is 6. The maximum Gasteiger partial charge on any atom is 0.160 e. The van der Waals surface area contributed by atoms with Gasteiger partial charge in [-0.05, 0) is 42.8 Å². The van der Waals surface area contributed by atoms with Gasteiger partial charge in [0.05, 0.1) is 40.8 Å². The molecule has 6 nitrogen and oxygen atoms in total. The number of carbonyl (C=O) groups excluding carboxylic acids is 1. The standard InChI is InChI=1S/C13H9ClFNO2.C11H14FN3/c1-18-10-4-2-3-9(14)11(10)13-12(15)8(7-17)5-6-16-13;1-13-9-4-7(12)2-3-10(9)15-6-8-5-11(15)14-8/h2-7H,1H3;2-4,8,11,13-14H,5-6H2,1H3. The van der Waals surface area contributed by atoms with Gasteiger partial charge in [0, 0.05) is 25.8 Å². The van der Waals surface area contributed by atoms with E-state index in [-0.39, 0.29) is 17.1 Å². The van der Waals surface area contributed by atoms with Gasteiger partial charge in [0.2, 0.25) is 0 Å². The van der Waals surface area contributed by atoms with Crippen molar-refractivity contribution in [2.24, 2.45) is 0 Å². The minimum Gasteiger partial charge on any atom is -0.496 e. The Balaban J connectivity index is 0.000000159. The monoisotopic (exact) mass is 472 g/mol. The molecule has 2 atom stereocenters. The quantitative estimate of drug-likeness (QED) is 0.523. The largest absolute Gasteiger partial charge is 0.496 e. The Morgan fingerprint density at radius 3 is 2.70 bits per heavy atom. The molecule has 0 spiro atoms. The number of carbonyl (C=O) groups is 1. The Morgan fingerprint density at radius 1 is 1.27 bits per heavy atom. The number of aldehydes is 1. The first-order valence-corrected chi connectivity index (χ1v) is 10.8. The summed E-state index contributed by atoms with van der Waals surface area (Å²) >= 11 is 6.04. The predicted molar refractivity (Wildman–Crippen MR) is 125 cm³/mol. The molecular formula is C24H23ClF2N4O2. The highest BCUT2D eigenvalue weighted by atomic mass is 35.5. The average molecular weight is 473 g/mol. The van der Waals surface area contributed by atoms with Crippen molar-refractivity contribution in [1.82, 2.24) is 10.3 Å². The second-order valence-electron chi connectivity index (χ2n) is 7.68. The highest BCUT2D eigenvalue weighted by Gasteiger charge is 2.42. The van der Waals surface area contributed by atoms with Crippen molar-refractivity contribution in [2.45, 2.75) is 18.6 Å². The number of aromatic nitrogens is 1. The fraction of sp³-hybridized carbons (Fsp3) is 0.250. The fourth-order valence-corrected chi connectivity index (χ4v) is 4.34. The van der Waals surface area contributed by atoms with E-state index >= 15 is 0 Å². The number of anilines is 2. The molecule has 2 bridgehead atoms. The first-order chi connectivity index (χ1) is 16.0. The van der Waals surface area contributed by atoms with Gasteiger partial charge in [-0.3, -0.25) is 15.1 Å². The number of benzene rings is 2. The lowest BCUT2D eigenvalue weighted by Gasteiger charge is -2.29. The second-order valence-corrected chi connectivity index (χ2v) is 8.08. The molecule has 0 radical (unpaired) electrons. The number of hydrogen-bond donors (Lipinski definition) is 2. The molecule has 172 valence electrons. The summed E-state index contributed by atoms with van der Waals surface area (Å²) in [6, 6.07) is 11.8. The van der Waals surface area contributed by atoms with Crippen LogP contribution in [0, 0.1) is 11.6 Å². The number of pyridine rings is 1. The minimum absolute atomic E-state index is 0.00190. The molecule has 0 aliphatic carbocycles. The van der Waals surface area contributed by atoms with Gasteiger partial charge in [-0.1, -0.05) is 17.7 Å². The second kappa shape index (κ2) is 9.72. The van der Waals surface area contributed by atoms with E-state index < -0.39 is 5.82 Å². The third-order valence-corrected chi connectivity index (χ3v) is 6.06. The van der Waals surface area contributed by atoms with Crippen LogP contribution in [0.25, 0.3) is 11.3 Å². The Kier molecular flexibility index (Phi) is 6.76. The van der Waals surface area contributed by atoms with E-state index in [1.54, 1.807) is 24.3 Å². The summed E-state index contributed by atoms with van der Waals surface area (Å²) in [5.74, 6) is -0.501. The number of halogens is 3. The first-order valence-electron chi connectivity index (χ1n) is 10.4. The van der Waals surface area contributed by atoms with Crippen molar-refractivity contribution in [1.29, 1.82) is 0 Å². The van der Waals surface area contributed by atoms with Crippen LogP contribution in [0.15, 0.2) is 48.7 Å². The zero-order valence-corrected chi connectivity index (χ0v) is 18.9. The van der Waals surface area contributed by atoms with Gasteiger partial charge in [-0.15, -0.1) is 0 Å². The van der Waals surface area contributed by atoms with Crippen molar-refractivity contribution < 1.29 is 18.3 Å². The molecule has 3 aromatic rings. The molecule has 33 heavy (non-hydrogen) atoms. The molecule has 3 aliphatic rings. The third-order valence-electron chi connectivity index (χ3n) is 5.74. The van der Waals surface area contributed by atoms with E-state index in [1.807, 2.05) is 13.1 Å². The topological polar surface area (TPSA) is 66.5 Å².